The molecule has 4 aliphatic carbocycles. The Morgan fingerprint density at radius 2 is 1.65 bits per heavy atom. The molecule has 5 atom stereocenters. The number of hydrogen-bond acceptors (Lipinski definition) is 2. The van der Waals surface area contributed by atoms with Gasteiger partial charge in [-0.1, -0.05) is 33.3 Å². The van der Waals surface area contributed by atoms with Gasteiger partial charge in [0.25, 0.3) is 0 Å². The lowest BCUT2D eigenvalue weighted by molar-refractivity contribution is -0.137. The van der Waals surface area contributed by atoms with Gasteiger partial charge in [0, 0.05) is 17.3 Å². The summed E-state index contributed by atoms with van der Waals surface area (Å²) in [5, 5.41) is 0. The number of carbonyl (C=O) groups excluding carboxylic acids is 2. The number of ketones is 2. The van der Waals surface area contributed by atoms with Crippen molar-refractivity contribution >= 4 is 11.6 Å². The van der Waals surface area contributed by atoms with Crippen LogP contribution in [0.25, 0.3) is 0 Å². The van der Waals surface area contributed by atoms with E-state index in [1.807, 2.05) is 6.08 Å². The molecule has 0 aromatic carbocycles. The number of carbonyl (C=O) groups is 2. The third-order valence-corrected chi connectivity index (χ3v) is 8.22. The van der Waals surface area contributed by atoms with Crippen molar-refractivity contribution in [3.8, 4) is 0 Å². The van der Waals surface area contributed by atoms with Crippen molar-refractivity contribution in [2.24, 2.45) is 34.0 Å². The molecule has 0 unspecified atom stereocenters. The lowest BCUT2D eigenvalue weighted by Gasteiger charge is -2.56. The first-order valence-electron chi connectivity index (χ1n) is 9.47. The Kier molecular flexibility index (Phi) is 3.11. The quantitative estimate of drug-likeness (QED) is 0.648. The Hall–Kier alpha value is -0.920. The molecule has 2 nitrogen and oxygen atoms in total. The van der Waals surface area contributed by atoms with Crippen LogP contribution in [-0.4, -0.2) is 11.6 Å². The van der Waals surface area contributed by atoms with Gasteiger partial charge in [-0.3, -0.25) is 9.59 Å². The molecule has 0 N–H and O–H groups in total. The van der Waals surface area contributed by atoms with E-state index < -0.39 is 0 Å². The average Bonchev–Trinajstić information content (AvgIpc) is 2.68. The van der Waals surface area contributed by atoms with Gasteiger partial charge in [-0.2, -0.15) is 0 Å². The standard InChI is InChI=1S/C21H30O2/c1-19(2)12-17-15-6-5-13-11-14(22)7-9-20(13,3)16(15)8-10-21(17,4)18(19)23/h11,15-17H,5-10,12H2,1-4H3/t15-,16+,17+,20+,21+/m1/s1. The predicted molar refractivity (Wildman–Crippen MR) is 90.9 cm³/mol. The van der Waals surface area contributed by atoms with Crippen LogP contribution in [0, 0.1) is 34.0 Å². The van der Waals surface area contributed by atoms with Crippen molar-refractivity contribution in [1.82, 2.24) is 0 Å². The summed E-state index contributed by atoms with van der Waals surface area (Å²) in [6.45, 7) is 8.97. The maximum absolute atomic E-state index is 13.0. The highest BCUT2D eigenvalue weighted by molar-refractivity contribution is 5.92. The second-order valence-corrected chi connectivity index (χ2v) is 9.84. The zero-order valence-electron chi connectivity index (χ0n) is 15.1. The molecule has 23 heavy (non-hydrogen) atoms. The monoisotopic (exact) mass is 314 g/mol. The summed E-state index contributed by atoms with van der Waals surface area (Å²) in [7, 11) is 0. The molecule has 0 heterocycles. The first-order valence-corrected chi connectivity index (χ1v) is 9.47. The first kappa shape index (κ1) is 15.6. The molecule has 126 valence electrons. The average molecular weight is 314 g/mol. The van der Waals surface area contributed by atoms with Gasteiger partial charge in [0.2, 0.25) is 0 Å². The smallest absolute Gasteiger partial charge is 0.155 e. The zero-order valence-corrected chi connectivity index (χ0v) is 15.1. The van der Waals surface area contributed by atoms with Crippen LogP contribution in [0.5, 0.6) is 0 Å². The summed E-state index contributed by atoms with van der Waals surface area (Å²) >= 11 is 0. The molecule has 0 radical (unpaired) electrons. The summed E-state index contributed by atoms with van der Waals surface area (Å²) in [6.07, 6.45) is 9.26. The zero-order chi connectivity index (χ0) is 16.6. The maximum Gasteiger partial charge on any atom is 0.155 e. The largest absolute Gasteiger partial charge is 0.298 e. The minimum atomic E-state index is -0.145. The lowest BCUT2D eigenvalue weighted by Crippen LogP contribution is -2.50. The summed E-state index contributed by atoms with van der Waals surface area (Å²) in [4.78, 5) is 24.9. The fourth-order valence-electron chi connectivity index (χ4n) is 6.95. The van der Waals surface area contributed by atoms with Crippen molar-refractivity contribution in [3.63, 3.8) is 0 Å². The maximum atomic E-state index is 13.0. The van der Waals surface area contributed by atoms with Crippen LogP contribution in [0.2, 0.25) is 0 Å². The SMILES string of the molecule is CC1(C)C[C@H]2[C@@H]3CCC4=CC(=O)CC[C@]4(C)[C@H]3CC[C@]2(C)C1=O. The normalized spacial score (nSPS) is 48.3. The molecule has 0 aromatic heterocycles. The highest BCUT2D eigenvalue weighted by atomic mass is 16.1. The molecule has 4 rings (SSSR count). The predicted octanol–water partition coefficient (Wildman–Crippen LogP) is 4.72. The number of Topliss-reactive ketones (excluding diaryl/α,β-unsaturated/α-hetero) is 1. The minimum Gasteiger partial charge on any atom is -0.298 e. The number of fused-ring (bicyclic) bond motifs is 5. The van der Waals surface area contributed by atoms with E-state index in [-0.39, 0.29) is 16.2 Å². The lowest BCUT2D eigenvalue weighted by atomic mass is 9.47. The van der Waals surface area contributed by atoms with Crippen LogP contribution in [0.15, 0.2) is 11.6 Å². The molecule has 4 aliphatic rings. The minimum absolute atomic E-state index is 0.0905. The summed E-state index contributed by atoms with van der Waals surface area (Å²) < 4.78 is 0. The fourth-order valence-corrected chi connectivity index (χ4v) is 6.95. The van der Waals surface area contributed by atoms with Crippen molar-refractivity contribution in [1.29, 1.82) is 0 Å². The Labute approximate surface area is 140 Å². The number of allylic oxidation sites excluding steroid dienone is 1. The molecule has 0 bridgehead atoms. The topological polar surface area (TPSA) is 34.1 Å². The molecule has 3 fully saturated rings. The van der Waals surface area contributed by atoms with Crippen LogP contribution in [0.3, 0.4) is 0 Å². The van der Waals surface area contributed by atoms with Gasteiger partial charge in [0.15, 0.2) is 5.78 Å². The van der Waals surface area contributed by atoms with Gasteiger partial charge >= 0.3 is 0 Å². The molecule has 0 amide bonds. The van der Waals surface area contributed by atoms with Gasteiger partial charge in [-0.15, -0.1) is 0 Å². The van der Waals surface area contributed by atoms with E-state index in [1.54, 1.807) is 0 Å². The molecule has 0 saturated heterocycles. The van der Waals surface area contributed by atoms with Gasteiger partial charge in [0.05, 0.1) is 0 Å². The molecule has 2 heteroatoms. The molecular weight excluding hydrogens is 284 g/mol. The molecule has 0 aromatic rings. The van der Waals surface area contributed by atoms with E-state index in [0.29, 0.717) is 29.3 Å². The van der Waals surface area contributed by atoms with E-state index in [2.05, 4.69) is 27.7 Å². The summed E-state index contributed by atoms with van der Waals surface area (Å²) in [6, 6.07) is 0. The van der Waals surface area contributed by atoms with Gasteiger partial charge < -0.3 is 0 Å². The fraction of sp³-hybridized carbons (Fsp3) is 0.810. The third-order valence-electron chi connectivity index (χ3n) is 8.22. The summed E-state index contributed by atoms with van der Waals surface area (Å²) in [5.74, 6) is 2.75. The Morgan fingerprint density at radius 3 is 2.39 bits per heavy atom. The molecular formula is C21H30O2. The van der Waals surface area contributed by atoms with Gasteiger partial charge in [-0.25, -0.2) is 0 Å². The molecule has 0 spiro atoms. The second-order valence-electron chi connectivity index (χ2n) is 9.84. The number of hydrogen-bond donors (Lipinski definition) is 0. The molecule has 3 saturated carbocycles. The van der Waals surface area contributed by atoms with Crippen LogP contribution < -0.4 is 0 Å². The van der Waals surface area contributed by atoms with E-state index in [4.69, 9.17) is 0 Å². The Balaban J connectivity index is 1.72. The van der Waals surface area contributed by atoms with Gasteiger partial charge in [0.1, 0.15) is 5.78 Å². The molecule has 0 aliphatic heterocycles. The second kappa shape index (κ2) is 4.58. The van der Waals surface area contributed by atoms with Crippen molar-refractivity contribution < 1.29 is 9.59 Å². The van der Waals surface area contributed by atoms with Crippen molar-refractivity contribution in [2.45, 2.75) is 72.6 Å². The Morgan fingerprint density at radius 1 is 0.913 bits per heavy atom. The van der Waals surface area contributed by atoms with Gasteiger partial charge in [-0.05, 0) is 67.8 Å². The highest BCUT2D eigenvalue weighted by Gasteiger charge is 2.63. The van der Waals surface area contributed by atoms with Crippen LogP contribution in [0.4, 0.5) is 0 Å². The Bertz CT molecular complexity index is 613. The van der Waals surface area contributed by atoms with Crippen LogP contribution in [0.1, 0.15) is 72.6 Å². The van der Waals surface area contributed by atoms with Crippen molar-refractivity contribution in [2.75, 3.05) is 0 Å². The van der Waals surface area contributed by atoms with Crippen LogP contribution in [-0.2, 0) is 9.59 Å². The summed E-state index contributed by atoms with van der Waals surface area (Å²) in [5.41, 5.74) is 1.40. The number of rotatable bonds is 0. The van der Waals surface area contributed by atoms with E-state index >= 15 is 0 Å². The van der Waals surface area contributed by atoms with Crippen molar-refractivity contribution in [3.05, 3.63) is 11.6 Å². The first-order chi connectivity index (χ1) is 10.7. The van der Waals surface area contributed by atoms with E-state index in [9.17, 15) is 9.59 Å². The van der Waals surface area contributed by atoms with E-state index in [1.165, 1.54) is 18.4 Å². The highest BCUT2D eigenvalue weighted by Crippen LogP contribution is 2.66. The van der Waals surface area contributed by atoms with Crippen LogP contribution >= 0.6 is 0 Å². The van der Waals surface area contributed by atoms with E-state index in [0.717, 1.165) is 32.1 Å². The third kappa shape index (κ3) is 1.93.